The van der Waals surface area contributed by atoms with Crippen molar-refractivity contribution in [2.45, 2.75) is 6.42 Å². The molecule has 0 saturated carbocycles. The molecule has 1 heterocycles. The Morgan fingerprint density at radius 2 is 1.90 bits per heavy atom. The molecule has 0 spiro atoms. The Balaban J connectivity index is 2.10. The maximum Gasteiger partial charge on any atom is 0.235 e. The number of sulfonamides is 1. The minimum Gasteiger partial charge on any atom is -0.399 e. The predicted octanol–water partition coefficient (Wildman–Crippen LogP) is 1.67. The van der Waals surface area contributed by atoms with Gasteiger partial charge in [0.05, 0.1) is 11.4 Å². The number of aromatic nitrogens is 1. The summed E-state index contributed by atoms with van der Waals surface area (Å²) in [5.74, 6) is 0.0440. The topological polar surface area (TPSA) is 76.3 Å². The summed E-state index contributed by atoms with van der Waals surface area (Å²) >= 11 is 0. The van der Waals surface area contributed by atoms with Crippen LogP contribution < -0.4 is 10.0 Å². The van der Waals surface area contributed by atoms with Crippen molar-refractivity contribution in [3.05, 3.63) is 54.4 Å². The third-order valence-electron chi connectivity index (χ3n) is 3.05. The van der Waals surface area contributed by atoms with Gasteiger partial charge in [-0.15, -0.1) is 0 Å². The summed E-state index contributed by atoms with van der Waals surface area (Å²) in [4.78, 5) is 3.91. The van der Waals surface area contributed by atoms with Crippen LogP contribution in [0, 0.1) is 0 Å². The number of anilines is 2. The summed E-state index contributed by atoms with van der Waals surface area (Å²) in [5.41, 5.74) is 7.73. The molecule has 1 aromatic heterocycles. The molecule has 20 heavy (non-hydrogen) atoms. The van der Waals surface area contributed by atoms with Crippen molar-refractivity contribution in [2.24, 2.45) is 0 Å². The third-order valence-corrected chi connectivity index (χ3v) is 4.81. The van der Waals surface area contributed by atoms with Gasteiger partial charge in [-0.3, -0.25) is 9.29 Å². The second-order valence-electron chi connectivity index (χ2n) is 4.48. The second-order valence-corrected chi connectivity index (χ2v) is 6.60. The van der Waals surface area contributed by atoms with Crippen LogP contribution in [0.1, 0.15) is 5.56 Å². The Bertz CT molecular complexity index is 672. The predicted molar refractivity (Wildman–Crippen MR) is 81.0 cm³/mol. The van der Waals surface area contributed by atoms with E-state index in [4.69, 9.17) is 5.73 Å². The van der Waals surface area contributed by atoms with E-state index < -0.39 is 10.0 Å². The van der Waals surface area contributed by atoms with Gasteiger partial charge in [0, 0.05) is 25.1 Å². The minimum atomic E-state index is -3.37. The van der Waals surface area contributed by atoms with E-state index in [0.717, 1.165) is 5.56 Å². The highest BCUT2D eigenvalue weighted by atomic mass is 32.2. The summed E-state index contributed by atoms with van der Waals surface area (Å²) in [5, 5.41) is 0. The molecule has 1 aromatic carbocycles. The lowest BCUT2D eigenvalue weighted by atomic mass is 10.2. The Morgan fingerprint density at radius 1 is 1.20 bits per heavy atom. The largest absolute Gasteiger partial charge is 0.399 e. The number of benzene rings is 1. The fourth-order valence-corrected chi connectivity index (χ4v) is 3.02. The fraction of sp³-hybridized carbons (Fsp3) is 0.214. The van der Waals surface area contributed by atoms with Crippen LogP contribution in [0.15, 0.2) is 48.8 Å². The molecule has 0 unspecified atom stereocenters. The zero-order valence-corrected chi connectivity index (χ0v) is 12.0. The molecular formula is C14H17N3O2S. The summed E-state index contributed by atoms with van der Waals surface area (Å²) < 4.78 is 25.8. The number of nitrogen functional groups attached to an aromatic ring is 1. The Hall–Kier alpha value is -2.08. The van der Waals surface area contributed by atoms with Crippen LogP contribution >= 0.6 is 0 Å². The lowest BCUT2D eigenvalue weighted by Crippen LogP contribution is -2.29. The first-order valence-electron chi connectivity index (χ1n) is 6.20. The molecule has 2 rings (SSSR count). The molecule has 0 saturated heterocycles. The third kappa shape index (κ3) is 3.48. The summed E-state index contributed by atoms with van der Waals surface area (Å²) in [6.45, 7) is 0. The van der Waals surface area contributed by atoms with Crippen molar-refractivity contribution in [1.29, 1.82) is 0 Å². The maximum absolute atomic E-state index is 12.3. The highest BCUT2D eigenvalue weighted by Crippen LogP contribution is 2.19. The minimum absolute atomic E-state index is 0.0440. The number of hydrogen-bond donors (Lipinski definition) is 1. The quantitative estimate of drug-likeness (QED) is 0.850. The number of nitrogens with two attached hydrogens (primary N) is 1. The second kappa shape index (κ2) is 5.92. The Labute approximate surface area is 119 Å². The Morgan fingerprint density at radius 3 is 2.55 bits per heavy atom. The van der Waals surface area contributed by atoms with Gasteiger partial charge < -0.3 is 5.73 Å². The van der Waals surface area contributed by atoms with Crippen LogP contribution in [0.3, 0.4) is 0 Å². The van der Waals surface area contributed by atoms with Gasteiger partial charge in [0.1, 0.15) is 0 Å². The van der Waals surface area contributed by atoms with E-state index in [1.165, 1.54) is 11.4 Å². The van der Waals surface area contributed by atoms with Gasteiger partial charge >= 0.3 is 0 Å². The molecule has 6 heteroatoms. The summed E-state index contributed by atoms with van der Waals surface area (Å²) in [6.07, 6.45) is 3.77. The van der Waals surface area contributed by atoms with Gasteiger partial charge in [-0.05, 0) is 42.3 Å². The van der Waals surface area contributed by atoms with Crippen molar-refractivity contribution in [3.8, 4) is 0 Å². The van der Waals surface area contributed by atoms with E-state index in [1.54, 1.807) is 36.7 Å². The number of aryl methyl sites for hydroxylation is 1. The van der Waals surface area contributed by atoms with Gasteiger partial charge in [-0.2, -0.15) is 0 Å². The zero-order valence-electron chi connectivity index (χ0n) is 11.2. The first-order chi connectivity index (χ1) is 9.49. The highest BCUT2D eigenvalue weighted by molar-refractivity contribution is 7.92. The molecule has 2 aromatic rings. The zero-order chi connectivity index (χ0) is 14.6. The van der Waals surface area contributed by atoms with E-state index in [1.807, 2.05) is 12.1 Å². The number of rotatable bonds is 5. The molecule has 0 bridgehead atoms. The van der Waals surface area contributed by atoms with Crippen molar-refractivity contribution < 1.29 is 8.42 Å². The number of pyridine rings is 1. The van der Waals surface area contributed by atoms with Crippen LogP contribution in [-0.4, -0.2) is 26.2 Å². The van der Waals surface area contributed by atoms with E-state index in [2.05, 4.69) is 4.98 Å². The van der Waals surface area contributed by atoms with Crippen molar-refractivity contribution >= 4 is 21.4 Å². The molecule has 0 aliphatic rings. The molecule has 0 aliphatic heterocycles. The van der Waals surface area contributed by atoms with E-state index in [9.17, 15) is 8.42 Å². The van der Waals surface area contributed by atoms with Crippen LogP contribution in [0.25, 0.3) is 0 Å². The van der Waals surface area contributed by atoms with Crippen LogP contribution in [0.5, 0.6) is 0 Å². The van der Waals surface area contributed by atoms with Gasteiger partial charge in [0.2, 0.25) is 10.0 Å². The highest BCUT2D eigenvalue weighted by Gasteiger charge is 2.18. The molecule has 5 nitrogen and oxygen atoms in total. The maximum atomic E-state index is 12.3. The standard InChI is InChI=1S/C14H17N3O2S/c1-17(14-4-2-3-13(15)11-14)20(18,19)10-7-12-5-8-16-9-6-12/h2-6,8-9,11H,7,10,15H2,1H3. The molecule has 0 radical (unpaired) electrons. The molecule has 0 aliphatic carbocycles. The van der Waals surface area contributed by atoms with Crippen molar-refractivity contribution in [1.82, 2.24) is 4.98 Å². The number of hydrogen-bond acceptors (Lipinski definition) is 4. The molecule has 0 fully saturated rings. The monoisotopic (exact) mass is 291 g/mol. The SMILES string of the molecule is CN(c1cccc(N)c1)S(=O)(=O)CCc1ccncc1. The normalized spacial score (nSPS) is 11.2. The molecule has 0 atom stereocenters. The Kier molecular flexibility index (Phi) is 4.24. The summed E-state index contributed by atoms with van der Waals surface area (Å²) in [7, 11) is -1.83. The van der Waals surface area contributed by atoms with Gasteiger partial charge in [0.15, 0.2) is 0 Å². The van der Waals surface area contributed by atoms with Crippen LogP contribution in [0.2, 0.25) is 0 Å². The van der Waals surface area contributed by atoms with Crippen LogP contribution in [0.4, 0.5) is 11.4 Å². The van der Waals surface area contributed by atoms with Crippen molar-refractivity contribution in [2.75, 3.05) is 22.8 Å². The van der Waals surface area contributed by atoms with E-state index >= 15 is 0 Å². The van der Waals surface area contributed by atoms with Crippen LogP contribution in [-0.2, 0) is 16.4 Å². The molecule has 106 valence electrons. The van der Waals surface area contributed by atoms with Crippen molar-refractivity contribution in [3.63, 3.8) is 0 Å². The van der Waals surface area contributed by atoms with E-state index in [-0.39, 0.29) is 5.75 Å². The molecular weight excluding hydrogens is 274 g/mol. The average molecular weight is 291 g/mol. The molecule has 0 amide bonds. The van der Waals surface area contributed by atoms with Gasteiger partial charge in [0.25, 0.3) is 0 Å². The first kappa shape index (κ1) is 14.3. The smallest absolute Gasteiger partial charge is 0.235 e. The van der Waals surface area contributed by atoms with Gasteiger partial charge in [-0.1, -0.05) is 6.07 Å². The lowest BCUT2D eigenvalue weighted by Gasteiger charge is -2.19. The lowest BCUT2D eigenvalue weighted by molar-refractivity contribution is 0.593. The van der Waals surface area contributed by atoms with E-state index in [0.29, 0.717) is 17.8 Å². The van der Waals surface area contributed by atoms with Gasteiger partial charge in [-0.25, -0.2) is 8.42 Å². The first-order valence-corrected chi connectivity index (χ1v) is 7.81. The number of nitrogens with zero attached hydrogens (tertiary/aromatic N) is 2. The fourth-order valence-electron chi connectivity index (χ4n) is 1.81. The average Bonchev–Trinajstić information content (AvgIpc) is 2.45. The summed E-state index contributed by atoms with van der Waals surface area (Å²) in [6, 6.07) is 10.5. The molecule has 2 N–H and O–H groups in total.